The SMILES string of the molecule is CCNc1c(C(=O)OC)cc(Br)c2ccccc12. The topological polar surface area (TPSA) is 38.3 Å². The molecule has 94 valence electrons. The van der Waals surface area contributed by atoms with Gasteiger partial charge in [0.1, 0.15) is 0 Å². The quantitative estimate of drug-likeness (QED) is 0.876. The molecule has 0 amide bonds. The maximum Gasteiger partial charge on any atom is 0.340 e. The van der Waals surface area contributed by atoms with Gasteiger partial charge >= 0.3 is 5.97 Å². The van der Waals surface area contributed by atoms with Crippen molar-refractivity contribution in [2.24, 2.45) is 0 Å². The molecular formula is C14H14BrNO2. The average Bonchev–Trinajstić information content (AvgIpc) is 2.41. The number of methoxy groups -OCH3 is 1. The van der Waals surface area contributed by atoms with Crippen LogP contribution in [0.2, 0.25) is 0 Å². The summed E-state index contributed by atoms with van der Waals surface area (Å²) in [6, 6.07) is 9.73. The number of hydrogen-bond donors (Lipinski definition) is 1. The van der Waals surface area contributed by atoms with E-state index >= 15 is 0 Å². The Morgan fingerprint density at radius 2 is 2.00 bits per heavy atom. The number of fused-ring (bicyclic) bond motifs is 1. The third-order valence-corrected chi connectivity index (χ3v) is 3.41. The number of esters is 1. The highest BCUT2D eigenvalue weighted by Gasteiger charge is 2.16. The van der Waals surface area contributed by atoms with Gasteiger partial charge in [0, 0.05) is 16.4 Å². The molecule has 2 aromatic rings. The van der Waals surface area contributed by atoms with E-state index in [-0.39, 0.29) is 5.97 Å². The number of carbonyl (C=O) groups excluding carboxylic acids is 1. The standard InChI is InChI=1S/C14H14BrNO2/c1-3-16-13-10-7-5-4-6-9(10)12(15)8-11(13)14(17)18-2/h4-8,16H,3H2,1-2H3. The fourth-order valence-corrected chi connectivity index (χ4v) is 2.54. The average molecular weight is 308 g/mol. The number of nitrogens with one attached hydrogen (secondary N) is 1. The largest absolute Gasteiger partial charge is 0.465 e. The summed E-state index contributed by atoms with van der Waals surface area (Å²) in [6.45, 7) is 2.74. The Bertz CT molecular complexity index is 596. The number of carbonyl (C=O) groups is 1. The molecule has 2 aromatic carbocycles. The highest BCUT2D eigenvalue weighted by Crippen LogP contribution is 2.33. The fraction of sp³-hybridized carbons (Fsp3) is 0.214. The summed E-state index contributed by atoms with van der Waals surface area (Å²) in [5.41, 5.74) is 1.37. The molecule has 0 aliphatic carbocycles. The molecule has 0 spiro atoms. The lowest BCUT2D eigenvalue weighted by Gasteiger charge is -2.14. The van der Waals surface area contributed by atoms with Gasteiger partial charge < -0.3 is 10.1 Å². The van der Waals surface area contributed by atoms with E-state index in [1.54, 1.807) is 6.07 Å². The molecule has 0 aromatic heterocycles. The second-order valence-electron chi connectivity index (χ2n) is 3.85. The molecule has 0 saturated carbocycles. The number of benzene rings is 2. The number of halogens is 1. The first-order valence-corrected chi connectivity index (χ1v) is 6.51. The highest BCUT2D eigenvalue weighted by molar-refractivity contribution is 9.10. The van der Waals surface area contributed by atoms with Crippen LogP contribution >= 0.6 is 15.9 Å². The summed E-state index contributed by atoms with van der Waals surface area (Å²) in [5, 5.41) is 5.32. The van der Waals surface area contributed by atoms with Crippen molar-refractivity contribution in [2.45, 2.75) is 6.92 Å². The van der Waals surface area contributed by atoms with Crippen molar-refractivity contribution in [1.82, 2.24) is 0 Å². The van der Waals surface area contributed by atoms with Crippen molar-refractivity contribution in [3.8, 4) is 0 Å². The van der Waals surface area contributed by atoms with Gasteiger partial charge in [-0.3, -0.25) is 0 Å². The molecule has 2 rings (SSSR count). The number of rotatable bonds is 3. The van der Waals surface area contributed by atoms with Crippen LogP contribution in [0.4, 0.5) is 5.69 Å². The monoisotopic (exact) mass is 307 g/mol. The molecule has 0 heterocycles. The van der Waals surface area contributed by atoms with Crippen molar-refractivity contribution >= 4 is 38.4 Å². The predicted molar refractivity (Wildman–Crippen MR) is 77.2 cm³/mol. The van der Waals surface area contributed by atoms with Crippen LogP contribution in [-0.4, -0.2) is 19.6 Å². The van der Waals surface area contributed by atoms with Gasteiger partial charge in [0.25, 0.3) is 0 Å². The Morgan fingerprint density at radius 3 is 2.61 bits per heavy atom. The van der Waals surface area contributed by atoms with Gasteiger partial charge in [-0.1, -0.05) is 40.2 Å². The first kappa shape index (κ1) is 12.9. The Kier molecular flexibility index (Phi) is 3.87. The fourth-order valence-electron chi connectivity index (χ4n) is 1.97. The van der Waals surface area contributed by atoms with Gasteiger partial charge in [0.05, 0.1) is 18.4 Å². The van der Waals surface area contributed by atoms with Gasteiger partial charge in [0.2, 0.25) is 0 Å². The van der Waals surface area contributed by atoms with E-state index in [1.807, 2.05) is 31.2 Å². The molecule has 0 unspecified atom stereocenters. The molecule has 3 nitrogen and oxygen atoms in total. The van der Waals surface area contributed by atoms with Gasteiger partial charge in [0.15, 0.2) is 0 Å². The summed E-state index contributed by atoms with van der Waals surface area (Å²) < 4.78 is 5.72. The third kappa shape index (κ3) is 2.20. The van der Waals surface area contributed by atoms with Crippen LogP contribution in [0.5, 0.6) is 0 Å². The Hall–Kier alpha value is -1.55. The third-order valence-electron chi connectivity index (χ3n) is 2.75. The van der Waals surface area contributed by atoms with Crippen molar-refractivity contribution in [1.29, 1.82) is 0 Å². The van der Waals surface area contributed by atoms with Crippen LogP contribution in [-0.2, 0) is 4.74 Å². The van der Waals surface area contributed by atoms with Gasteiger partial charge in [-0.15, -0.1) is 0 Å². The minimum Gasteiger partial charge on any atom is -0.465 e. The van der Waals surface area contributed by atoms with Crippen LogP contribution in [0.3, 0.4) is 0 Å². The van der Waals surface area contributed by atoms with E-state index in [0.717, 1.165) is 27.5 Å². The molecular weight excluding hydrogens is 294 g/mol. The molecule has 0 saturated heterocycles. The zero-order chi connectivity index (χ0) is 13.1. The van der Waals surface area contributed by atoms with E-state index in [0.29, 0.717) is 5.56 Å². The Balaban J connectivity index is 2.77. The Morgan fingerprint density at radius 1 is 1.33 bits per heavy atom. The molecule has 18 heavy (non-hydrogen) atoms. The zero-order valence-corrected chi connectivity index (χ0v) is 11.9. The van der Waals surface area contributed by atoms with E-state index in [4.69, 9.17) is 4.74 Å². The molecule has 0 aliphatic heterocycles. The summed E-state index contributed by atoms with van der Waals surface area (Å²) in [4.78, 5) is 11.8. The van der Waals surface area contributed by atoms with Crippen LogP contribution in [0.25, 0.3) is 10.8 Å². The molecule has 0 bridgehead atoms. The summed E-state index contributed by atoms with van der Waals surface area (Å²) >= 11 is 3.49. The highest BCUT2D eigenvalue weighted by atomic mass is 79.9. The number of ether oxygens (including phenoxy) is 1. The molecule has 1 N–H and O–H groups in total. The minimum atomic E-state index is -0.336. The van der Waals surface area contributed by atoms with Crippen molar-refractivity contribution in [2.75, 3.05) is 19.0 Å². The molecule has 0 aliphatic rings. The van der Waals surface area contributed by atoms with Crippen LogP contribution in [0.15, 0.2) is 34.8 Å². The second kappa shape index (κ2) is 5.40. The van der Waals surface area contributed by atoms with Gasteiger partial charge in [-0.2, -0.15) is 0 Å². The van der Waals surface area contributed by atoms with E-state index in [2.05, 4.69) is 21.2 Å². The van der Waals surface area contributed by atoms with E-state index in [1.165, 1.54) is 7.11 Å². The van der Waals surface area contributed by atoms with E-state index < -0.39 is 0 Å². The maximum atomic E-state index is 11.8. The first-order chi connectivity index (χ1) is 8.69. The normalized spacial score (nSPS) is 10.4. The second-order valence-corrected chi connectivity index (χ2v) is 4.70. The van der Waals surface area contributed by atoms with E-state index in [9.17, 15) is 4.79 Å². The van der Waals surface area contributed by atoms with Gasteiger partial charge in [-0.05, 0) is 18.4 Å². The smallest absolute Gasteiger partial charge is 0.340 e. The first-order valence-electron chi connectivity index (χ1n) is 5.72. The van der Waals surface area contributed by atoms with Crippen LogP contribution < -0.4 is 5.32 Å². The lowest BCUT2D eigenvalue weighted by Crippen LogP contribution is -2.08. The van der Waals surface area contributed by atoms with Crippen molar-refractivity contribution in [3.63, 3.8) is 0 Å². The predicted octanol–water partition coefficient (Wildman–Crippen LogP) is 3.82. The molecule has 0 fully saturated rings. The van der Waals surface area contributed by atoms with Crippen LogP contribution in [0, 0.1) is 0 Å². The Labute approximate surface area is 114 Å². The van der Waals surface area contributed by atoms with Crippen molar-refractivity contribution < 1.29 is 9.53 Å². The van der Waals surface area contributed by atoms with Crippen LogP contribution in [0.1, 0.15) is 17.3 Å². The number of hydrogen-bond acceptors (Lipinski definition) is 3. The number of anilines is 1. The van der Waals surface area contributed by atoms with Gasteiger partial charge in [-0.25, -0.2) is 4.79 Å². The summed E-state index contributed by atoms with van der Waals surface area (Å²) in [6.07, 6.45) is 0. The van der Waals surface area contributed by atoms with Crippen molar-refractivity contribution in [3.05, 3.63) is 40.4 Å². The summed E-state index contributed by atoms with van der Waals surface area (Å²) in [5.74, 6) is -0.336. The lowest BCUT2D eigenvalue weighted by atomic mass is 10.0. The summed E-state index contributed by atoms with van der Waals surface area (Å²) in [7, 11) is 1.39. The minimum absolute atomic E-state index is 0.336. The molecule has 4 heteroatoms. The molecule has 0 atom stereocenters. The lowest BCUT2D eigenvalue weighted by molar-refractivity contribution is 0.0602. The molecule has 0 radical (unpaired) electrons. The maximum absolute atomic E-state index is 11.8. The zero-order valence-electron chi connectivity index (χ0n) is 10.3.